The molecule has 0 unspecified atom stereocenters. The maximum absolute atomic E-state index is 12.8. The van der Waals surface area contributed by atoms with E-state index in [1.165, 1.54) is 32.8 Å². The summed E-state index contributed by atoms with van der Waals surface area (Å²) in [6.45, 7) is 1.74. The highest BCUT2D eigenvalue weighted by Crippen LogP contribution is 2.27. The minimum absolute atomic E-state index is 0.117. The number of carbonyl (C=O) groups is 2. The normalized spacial score (nSPS) is 23.9. The van der Waals surface area contributed by atoms with Crippen LogP contribution in [0.4, 0.5) is 0 Å². The highest BCUT2D eigenvalue weighted by Gasteiger charge is 2.36. The number of Topliss-reactive ketones (excluding diaryl/α,β-unsaturated/α-hetero) is 2. The summed E-state index contributed by atoms with van der Waals surface area (Å²) >= 11 is 0. The number of hydrogen-bond acceptors (Lipinski definition) is 5. The maximum atomic E-state index is 12.8. The molecular weight excluding hydrogens is 292 g/mol. The Morgan fingerprint density at radius 3 is 1.78 bits per heavy atom. The zero-order chi connectivity index (χ0) is 16.4. The Balaban J connectivity index is 1.83. The monoisotopic (exact) mass is 318 g/mol. The third kappa shape index (κ3) is 3.14. The van der Waals surface area contributed by atoms with Crippen LogP contribution in [0.15, 0.2) is 22.7 Å². The van der Waals surface area contributed by atoms with Gasteiger partial charge >= 0.3 is 0 Å². The third-order valence-corrected chi connectivity index (χ3v) is 5.21. The lowest BCUT2D eigenvalue weighted by Crippen LogP contribution is -2.40. The predicted molar refractivity (Wildman–Crippen MR) is 87.5 cm³/mol. The molecular formula is C18H26N2O3. The second-order valence-electron chi connectivity index (χ2n) is 6.82. The summed E-state index contributed by atoms with van der Waals surface area (Å²) in [7, 11) is 1.46. The van der Waals surface area contributed by atoms with E-state index in [0.29, 0.717) is 23.0 Å². The Bertz CT molecular complexity index is 565. The first kappa shape index (κ1) is 16.1. The van der Waals surface area contributed by atoms with E-state index in [2.05, 4.69) is 10.6 Å². The minimum Gasteiger partial charge on any atom is -0.491 e. The molecule has 0 atom stereocenters. The van der Waals surface area contributed by atoms with Crippen LogP contribution in [0.2, 0.25) is 0 Å². The van der Waals surface area contributed by atoms with E-state index < -0.39 is 0 Å². The van der Waals surface area contributed by atoms with Crippen molar-refractivity contribution in [1.29, 1.82) is 0 Å². The lowest BCUT2D eigenvalue weighted by molar-refractivity contribution is -0.119. The molecule has 0 aromatic carbocycles. The summed E-state index contributed by atoms with van der Waals surface area (Å²) in [6.07, 6.45) is 8.86. The molecule has 0 amide bonds. The Kier molecular flexibility index (Phi) is 4.74. The SMILES string of the molecule is COC1=C(NC2CCCC2)C(=O)C(C)=C(NC2CCCC2)C1=O. The van der Waals surface area contributed by atoms with Gasteiger partial charge < -0.3 is 15.4 Å². The first-order chi connectivity index (χ1) is 11.1. The number of allylic oxidation sites excluding steroid dienone is 1. The van der Waals surface area contributed by atoms with Gasteiger partial charge in [-0.05, 0) is 32.6 Å². The fraction of sp³-hybridized carbons (Fsp3) is 0.667. The number of methoxy groups -OCH3 is 1. The van der Waals surface area contributed by atoms with Gasteiger partial charge in [0.05, 0.1) is 12.8 Å². The van der Waals surface area contributed by atoms with E-state index >= 15 is 0 Å². The van der Waals surface area contributed by atoms with Crippen molar-refractivity contribution in [2.75, 3.05) is 7.11 Å². The summed E-state index contributed by atoms with van der Waals surface area (Å²) in [4.78, 5) is 25.6. The van der Waals surface area contributed by atoms with Crippen molar-refractivity contribution < 1.29 is 14.3 Å². The fourth-order valence-electron chi connectivity index (χ4n) is 3.85. The molecule has 3 rings (SSSR count). The standard InChI is InChI=1S/C18H26N2O3/c1-11-14(19-12-7-3-4-8-12)17(22)18(23-2)15(16(11)21)20-13-9-5-6-10-13/h12-13,19-20H,3-10H2,1-2H3. The third-order valence-electron chi connectivity index (χ3n) is 5.21. The average molecular weight is 318 g/mol. The van der Waals surface area contributed by atoms with Crippen molar-refractivity contribution in [3.63, 3.8) is 0 Å². The van der Waals surface area contributed by atoms with E-state index in [0.717, 1.165) is 25.7 Å². The lowest BCUT2D eigenvalue weighted by atomic mass is 9.95. The quantitative estimate of drug-likeness (QED) is 0.762. The number of hydrogen-bond donors (Lipinski definition) is 2. The highest BCUT2D eigenvalue weighted by molar-refractivity contribution is 6.23. The van der Waals surface area contributed by atoms with E-state index in [-0.39, 0.29) is 23.4 Å². The molecule has 5 nitrogen and oxygen atoms in total. The van der Waals surface area contributed by atoms with Crippen LogP contribution in [-0.4, -0.2) is 30.8 Å². The molecule has 126 valence electrons. The van der Waals surface area contributed by atoms with Gasteiger partial charge in [0, 0.05) is 17.7 Å². The second kappa shape index (κ2) is 6.77. The molecule has 5 heteroatoms. The van der Waals surface area contributed by atoms with Crippen molar-refractivity contribution in [1.82, 2.24) is 10.6 Å². The lowest BCUT2D eigenvalue weighted by Gasteiger charge is -2.26. The molecule has 0 radical (unpaired) electrons. The first-order valence-corrected chi connectivity index (χ1v) is 8.73. The second-order valence-corrected chi connectivity index (χ2v) is 6.82. The molecule has 3 aliphatic rings. The number of ketones is 2. The van der Waals surface area contributed by atoms with Gasteiger partial charge in [-0.25, -0.2) is 0 Å². The van der Waals surface area contributed by atoms with Gasteiger partial charge in [0.15, 0.2) is 5.76 Å². The summed E-state index contributed by atoms with van der Waals surface area (Å²) in [5.74, 6) is -0.154. The maximum Gasteiger partial charge on any atom is 0.246 e. The molecule has 0 bridgehead atoms. The van der Waals surface area contributed by atoms with Crippen molar-refractivity contribution >= 4 is 11.6 Å². The predicted octanol–water partition coefficient (Wildman–Crippen LogP) is 2.33. The molecule has 2 saturated carbocycles. The van der Waals surface area contributed by atoms with Crippen LogP contribution in [0.5, 0.6) is 0 Å². The molecule has 0 spiro atoms. The summed E-state index contributed by atoms with van der Waals surface area (Å²) < 4.78 is 5.31. The van der Waals surface area contributed by atoms with Gasteiger partial charge in [-0.15, -0.1) is 0 Å². The van der Waals surface area contributed by atoms with Crippen molar-refractivity contribution in [3.8, 4) is 0 Å². The van der Waals surface area contributed by atoms with E-state index in [1.807, 2.05) is 0 Å². The molecule has 0 heterocycles. The Hall–Kier alpha value is -1.78. The zero-order valence-electron chi connectivity index (χ0n) is 14.0. The van der Waals surface area contributed by atoms with Crippen molar-refractivity contribution in [2.45, 2.75) is 70.4 Å². The summed E-state index contributed by atoms with van der Waals surface area (Å²) in [5, 5.41) is 6.56. The van der Waals surface area contributed by atoms with Gasteiger partial charge in [-0.3, -0.25) is 9.59 Å². The Labute approximate surface area is 137 Å². The van der Waals surface area contributed by atoms with Crippen LogP contribution in [-0.2, 0) is 14.3 Å². The van der Waals surface area contributed by atoms with Gasteiger partial charge in [0.25, 0.3) is 0 Å². The molecule has 2 fully saturated rings. The minimum atomic E-state index is -0.197. The Morgan fingerprint density at radius 1 is 0.826 bits per heavy atom. The van der Waals surface area contributed by atoms with Gasteiger partial charge in [-0.1, -0.05) is 25.7 Å². The number of rotatable bonds is 5. The van der Waals surface area contributed by atoms with Crippen molar-refractivity contribution in [3.05, 3.63) is 22.7 Å². The molecule has 2 N–H and O–H groups in total. The molecule has 0 aromatic heterocycles. The number of carbonyl (C=O) groups excluding carboxylic acids is 2. The van der Waals surface area contributed by atoms with Crippen LogP contribution in [0.3, 0.4) is 0 Å². The molecule has 0 aliphatic heterocycles. The number of nitrogens with one attached hydrogen (secondary N) is 2. The smallest absolute Gasteiger partial charge is 0.246 e. The molecule has 3 aliphatic carbocycles. The highest BCUT2D eigenvalue weighted by atomic mass is 16.5. The van der Waals surface area contributed by atoms with Crippen LogP contribution in [0.1, 0.15) is 58.3 Å². The molecule has 0 saturated heterocycles. The van der Waals surface area contributed by atoms with E-state index in [4.69, 9.17) is 4.74 Å². The van der Waals surface area contributed by atoms with Crippen LogP contribution < -0.4 is 10.6 Å². The van der Waals surface area contributed by atoms with Gasteiger partial charge in [0.2, 0.25) is 11.6 Å². The topological polar surface area (TPSA) is 67.4 Å². The summed E-state index contributed by atoms with van der Waals surface area (Å²) in [5.41, 5.74) is 1.28. The van der Waals surface area contributed by atoms with Crippen LogP contribution in [0.25, 0.3) is 0 Å². The van der Waals surface area contributed by atoms with E-state index in [1.54, 1.807) is 6.92 Å². The van der Waals surface area contributed by atoms with E-state index in [9.17, 15) is 9.59 Å². The van der Waals surface area contributed by atoms with Crippen molar-refractivity contribution in [2.24, 2.45) is 0 Å². The summed E-state index contributed by atoms with van der Waals surface area (Å²) in [6, 6.07) is 0.559. The fourth-order valence-corrected chi connectivity index (χ4v) is 3.85. The first-order valence-electron chi connectivity index (χ1n) is 8.73. The largest absolute Gasteiger partial charge is 0.491 e. The Morgan fingerprint density at radius 2 is 1.30 bits per heavy atom. The zero-order valence-corrected chi connectivity index (χ0v) is 14.0. The molecule has 0 aromatic rings. The molecule has 23 heavy (non-hydrogen) atoms. The van der Waals surface area contributed by atoms with Crippen LogP contribution in [0, 0.1) is 0 Å². The van der Waals surface area contributed by atoms with Gasteiger partial charge in [0.1, 0.15) is 5.70 Å². The number of ether oxygens (including phenoxy) is 1. The van der Waals surface area contributed by atoms with Crippen LogP contribution >= 0.6 is 0 Å². The average Bonchev–Trinajstić information content (AvgIpc) is 3.23. The van der Waals surface area contributed by atoms with Gasteiger partial charge in [-0.2, -0.15) is 0 Å².